The van der Waals surface area contributed by atoms with E-state index < -0.39 is 17.9 Å². The first-order valence-corrected chi connectivity index (χ1v) is 5.71. The second kappa shape index (κ2) is 6.19. The molecule has 0 radical (unpaired) electrons. The summed E-state index contributed by atoms with van der Waals surface area (Å²) in [6.07, 6.45) is 0.297. The zero-order valence-electron chi connectivity index (χ0n) is 11.1. The van der Waals surface area contributed by atoms with Crippen molar-refractivity contribution >= 4 is 11.9 Å². The van der Waals surface area contributed by atoms with Gasteiger partial charge in [0.15, 0.2) is 5.92 Å². The van der Waals surface area contributed by atoms with Gasteiger partial charge >= 0.3 is 11.9 Å². The standard InChI is InChI=1S/C14H18O4/c1-9-5-6-11(10(2)7-9)8-12(13(15)17-3)14(16)18-4/h5-7,12H,8H2,1-4H3. The van der Waals surface area contributed by atoms with E-state index >= 15 is 0 Å². The summed E-state index contributed by atoms with van der Waals surface area (Å²) in [5.41, 5.74) is 3.14. The SMILES string of the molecule is COC(=O)C(Cc1ccc(C)cc1C)C(=O)OC. The van der Waals surface area contributed by atoms with Crippen LogP contribution in [0, 0.1) is 19.8 Å². The van der Waals surface area contributed by atoms with E-state index in [9.17, 15) is 9.59 Å². The third-order valence-electron chi connectivity index (χ3n) is 2.89. The van der Waals surface area contributed by atoms with Crippen molar-refractivity contribution in [2.24, 2.45) is 5.92 Å². The fraction of sp³-hybridized carbons (Fsp3) is 0.429. The van der Waals surface area contributed by atoms with E-state index in [1.165, 1.54) is 14.2 Å². The van der Waals surface area contributed by atoms with Crippen molar-refractivity contribution in [3.8, 4) is 0 Å². The Balaban J connectivity index is 2.96. The second-order valence-corrected chi connectivity index (χ2v) is 4.23. The molecule has 1 aromatic carbocycles. The van der Waals surface area contributed by atoms with Crippen molar-refractivity contribution in [3.05, 3.63) is 34.9 Å². The molecular weight excluding hydrogens is 232 g/mol. The van der Waals surface area contributed by atoms with Gasteiger partial charge in [-0.2, -0.15) is 0 Å². The minimum atomic E-state index is -0.901. The Morgan fingerprint density at radius 2 is 1.67 bits per heavy atom. The molecule has 0 atom stereocenters. The lowest BCUT2D eigenvalue weighted by Crippen LogP contribution is -2.28. The Hall–Kier alpha value is -1.84. The lowest BCUT2D eigenvalue weighted by atomic mass is 9.95. The van der Waals surface area contributed by atoms with Crippen LogP contribution in [0.2, 0.25) is 0 Å². The van der Waals surface area contributed by atoms with Crippen LogP contribution in [0.15, 0.2) is 18.2 Å². The summed E-state index contributed by atoms with van der Waals surface area (Å²) in [5.74, 6) is -2.04. The summed E-state index contributed by atoms with van der Waals surface area (Å²) in [6, 6.07) is 5.89. The Morgan fingerprint density at radius 3 is 2.11 bits per heavy atom. The predicted molar refractivity (Wildman–Crippen MR) is 67.1 cm³/mol. The molecule has 18 heavy (non-hydrogen) atoms. The van der Waals surface area contributed by atoms with Gasteiger partial charge in [0, 0.05) is 0 Å². The van der Waals surface area contributed by atoms with E-state index in [4.69, 9.17) is 0 Å². The molecule has 0 unspecified atom stereocenters. The highest BCUT2D eigenvalue weighted by molar-refractivity contribution is 5.95. The Labute approximate surface area is 107 Å². The monoisotopic (exact) mass is 250 g/mol. The van der Waals surface area contributed by atoms with Crippen molar-refractivity contribution in [1.29, 1.82) is 0 Å². The van der Waals surface area contributed by atoms with Crippen molar-refractivity contribution in [1.82, 2.24) is 0 Å². The van der Waals surface area contributed by atoms with E-state index in [1.54, 1.807) is 0 Å². The Kier molecular flexibility index (Phi) is 4.89. The minimum absolute atomic E-state index is 0.297. The number of ether oxygens (including phenoxy) is 2. The van der Waals surface area contributed by atoms with Crippen LogP contribution in [0.3, 0.4) is 0 Å². The number of aryl methyl sites for hydroxylation is 2. The Bertz CT molecular complexity index is 435. The van der Waals surface area contributed by atoms with E-state index in [2.05, 4.69) is 9.47 Å². The molecule has 0 aliphatic heterocycles. The summed E-state index contributed by atoms with van der Waals surface area (Å²) in [7, 11) is 2.53. The summed E-state index contributed by atoms with van der Waals surface area (Å²) in [6.45, 7) is 3.95. The molecule has 0 aliphatic rings. The van der Waals surface area contributed by atoms with Gasteiger partial charge in [0.2, 0.25) is 0 Å². The van der Waals surface area contributed by atoms with Gasteiger partial charge in [0.05, 0.1) is 14.2 Å². The summed E-state index contributed by atoms with van der Waals surface area (Å²) in [4.78, 5) is 23.1. The van der Waals surface area contributed by atoms with Crippen LogP contribution in [0.1, 0.15) is 16.7 Å². The van der Waals surface area contributed by atoms with Crippen LogP contribution in [0.5, 0.6) is 0 Å². The van der Waals surface area contributed by atoms with Crippen LogP contribution >= 0.6 is 0 Å². The fourth-order valence-electron chi connectivity index (χ4n) is 1.84. The molecular formula is C14H18O4. The molecule has 0 saturated carbocycles. The third kappa shape index (κ3) is 3.32. The molecule has 0 N–H and O–H groups in total. The molecule has 0 aromatic heterocycles. The summed E-state index contributed by atoms with van der Waals surface area (Å²) in [5, 5.41) is 0. The maximum absolute atomic E-state index is 11.6. The van der Waals surface area contributed by atoms with Gasteiger partial charge in [0.1, 0.15) is 0 Å². The highest BCUT2D eigenvalue weighted by Gasteiger charge is 2.29. The lowest BCUT2D eigenvalue weighted by molar-refractivity contribution is -0.158. The van der Waals surface area contributed by atoms with Crippen molar-refractivity contribution in [2.45, 2.75) is 20.3 Å². The van der Waals surface area contributed by atoms with Crippen LogP contribution < -0.4 is 0 Å². The van der Waals surface area contributed by atoms with Gasteiger partial charge < -0.3 is 9.47 Å². The van der Waals surface area contributed by atoms with Crippen LogP contribution in [-0.4, -0.2) is 26.2 Å². The van der Waals surface area contributed by atoms with Crippen LogP contribution in [0.25, 0.3) is 0 Å². The number of carbonyl (C=O) groups excluding carboxylic acids is 2. The number of esters is 2. The molecule has 0 fully saturated rings. The van der Waals surface area contributed by atoms with Gasteiger partial charge in [-0.25, -0.2) is 0 Å². The van der Waals surface area contributed by atoms with E-state index in [0.29, 0.717) is 6.42 Å². The highest BCUT2D eigenvalue weighted by atomic mass is 16.5. The molecule has 0 heterocycles. The first-order chi connectivity index (χ1) is 8.49. The quantitative estimate of drug-likeness (QED) is 0.604. The Morgan fingerprint density at radius 1 is 1.11 bits per heavy atom. The molecule has 0 saturated heterocycles. The molecule has 4 nitrogen and oxygen atoms in total. The second-order valence-electron chi connectivity index (χ2n) is 4.23. The van der Waals surface area contributed by atoms with Gasteiger partial charge in [-0.05, 0) is 31.4 Å². The first kappa shape index (κ1) is 14.2. The minimum Gasteiger partial charge on any atom is -0.468 e. The van der Waals surface area contributed by atoms with Gasteiger partial charge in [-0.3, -0.25) is 9.59 Å². The molecule has 1 aromatic rings. The van der Waals surface area contributed by atoms with E-state index in [1.807, 2.05) is 32.0 Å². The zero-order valence-corrected chi connectivity index (χ0v) is 11.1. The number of hydrogen-bond acceptors (Lipinski definition) is 4. The van der Waals surface area contributed by atoms with Crippen molar-refractivity contribution in [3.63, 3.8) is 0 Å². The largest absolute Gasteiger partial charge is 0.468 e. The van der Waals surface area contributed by atoms with E-state index in [-0.39, 0.29) is 0 Å². The summed E-state index contributed by atoms with van der Waals surface area (Å²) < 4.78 is 9.26. The van der Waals surface area contributed by atoms with Crippen LogP contribution in [-0.2, 0) is 25.5 Å². The molecule has 98 valence electrons. The molecule has 4 heteroatoms. The maximum Gasteiger partial charge on any atom is 0.320 e. The number of methoxy groups -OCH3 is 2. The van der Waals surface area contributed by atoms with Gasteiger partial charge in [0.25, 0.3) is 0 Å². The zero-order chi connectivity index (χ0) is 13.7. The third-order valence-corrected chi connectivity index (χ3v) is 2.89. The first-order valence-electron chi connectivity index (χ1n) is 5.71. The number of rotatable bonds is 4. The van der Waals surface area contributed by atoms with Gasteiger partial charge in [-0.15, -0.1) is 0 Å². The highest BCUT2D eigenvalue weighted by Crippen LogP contribution is 2.17. The summed E-state index contributed by atoms with van der Waals surface area (Å²) >= 11 is 0. The smallest absolute Gasteiger partial charge is 0.320 e. The fourth-order valence-corrected chi connectivity index (χ4v) is 1.84. The average Bonchev–Trinajstić information content (AvgIpc) is 2.36. The lowest BCUT2D eigenvalue weighted by Gasteiger charge is -2.14. The topological polar surface area (TPSA) is 52.6 Å². The van der Waals surface area contributed by atoms with Gasteiger partial charge in [-0.1, -0.05) is 23.8 Å². The molecule has 1 rings (SSSR count). The van der Waals surface area contributed by atoms with Crippen molar-refractivity contribution in [2.75, 3.05) is 14.2 Å². The average molecular weight is 250 g/mol. The molecule has 0 amide bonds. The number of carbonyl (C=O) groups is 2. The van der Waals surface area contributed by atoms with Crippen LogP contribution in [0.4, 0.5) is 0 Å². The molecule has 0 aliphatic carbocycles. The van der Waals surface area contributed by atoms with E-state index in [0.717, 1.165) is 16.7 Å². The maximum atomic E-state index is 11.6. The number of benzene rings is 1. The predicted octanol–water partition coefficient (Wildman–Crippen LogP) is 1.81. The molecule has 0 bridgehead atoms. The molecule has 0 spiro atoms. The van der Waals surface area contributed by atoms with Crippen molar-refractivity contribution < 1.29 is 19.1 Å². The normalized spacial score (nSPS) is 10.3. The number of hydrogen-bond donors (Lipinski definition) is 0.